The van der Waals surface area contributed by atoms with E-state index in [-0.39, 0.29) is 0 Å². The molecule has 2 aromatic heterocycles. The summed E-state index contributed by atoms with van der Waals surface area (Å²) in [4.78, 5) is 2.25. The minimum atomic E-state index is 0.953. The Kier molecular flexibility index (Phi) is 5.38. The Balaban J connectivity index is 0.00000102. The van der Waals surface area contributed by atoms with E-state index in [1.54, 1.807) is 11.8 Å². The van der Waals surface area contributed by atoms with Crippen LogP contribution in [0, 0.1) is 27.7 Å². The molecule has 3 heterocycles. The zero-order valence-corrected chi connectivity index (χ0v) is 18.4. The molecule has 1 aliphatic rings. The van der Waals surface area contributed by atoms with Gasteiger partial charge in [-0.2, -0.15) is 4.57 Å². The summed E-state index contributed by atoms with van der Waals surface area (Å²) in [6.07, 6.45) is 2.28. The molecule has 0 N–H and O–H groups in total. The van der Waals surface area contributed by atoms with Crippen LogP contribution in [-0.2, 0) is 7.05 Å². The number of para-hydroxylation sites is 1. The highest BCUT2D eigenvalue weighted by Gasteiger charge is 2.30. The van der Waals surface area contributed by atoms with E-state index in [2.05, 4.69) is 69.5 Å². The number of rotatable bonds is 1. The van der Waals surface area contributed by atoms with Crippen molar-refractivity contribution in [3.05, 3.63) is 57.4 Å². The molecule has 4 heteroatoms. The molecule has 4 rings (SSSR count). The first-order valence-corrected chi connectivity index (χ1v) is 10.3. The number of furan rings is 1. The third-order valence-electron chi connectivity index (χ3n) is 5.58. The van der Waals surface area contributed by atoms with Crippen LogP contribution in [0.2, 0.25) is 0 Å². The SMILES string of the molecule is CC.Cc1c(C)c(C)[n+](C)c(/C=C2\Sc3oc4ccccc4c3N2C)c1C. The Bertz CT molecular complexity index is 1020. The van der Waals surface area contributed by atoms with E-state index in [1.807, 2.05) is 26.0 Å². The van der Waals surface area contributed by atoms with E-state index in [0.717, 1.165) is 10.7 Å². The van der Waals surface area contributed by atoms with Crippen molar-refractivity contribution in [1.82, 2.24) is 0 Å². The maximum Gasteiger partial charge on any atom is 0.211 e. The number of aromatic nitrogens is 1. The van der Waals surface area contributed by atoms with Crippen molar-refractivity contribution in [2.24, 2.45) is 7.05 Å². The van der Waals surface area contributed by atoms with Gasteiger partial charge in [0.05, 0.1) is 5.03 Å². The Labute approximate surface area is 166 Å². The summed E-state index contributed by atoms with van der Waals surface area (Å²) in [6.45, 7) is 12.8. The average Bonchev–Trinajstić information content (AvgIpc) is 3.20. The Morgan fingerprint density at radius 2 is 1.67 bits per heavy atom. The van der Waals surface area contributed by atoms with Crippen LogP contribution < -0.4 is 9.47 Å². The molecule has 0 bridgehead atoms. The number of hydrogen-bond acceptors (Lipinski definition) is 3. The molecule has 0 spiro atoms. The minimum Gasteiger partial charge on any atom is -0.447 e. The fourth-order valence-electron chi connectivity index (χ4n) is 3.55. The quantitative estimate of drug-likeness (QED) is 0.478. The largest absolute Gasteiger partial charge is 0.447 e. The van der Waals surface area contributed by atoms with E-state index < -0.39 is 0 Å². The first kappa shape index (κ1) is 19.6. The monoisotopic (exact) mass is 381 g/mol. The number of hydrogen-bond donors (Lipinski definition) is 0. The first-order valence-electron chi connectivity index (χ1n) is 9.51. The van der Waals surface area contributed by atoms with Crippen LogP contribution in [0.1, 0.15) is 41.9 Å². The van der Waals surface area contributed by atoms with Crippen molar-refractivity contribution in [3.63, 3.8) is 0 Å². The second kappa shape index (κ2) is 7.43. The van der Waals surface area contributed by atoms with Gasteiger partial charge in [-0.25, -0.2) is 0 Å². The zero-order chi connectivity index (χ0) is 19.9. The summed E-state index contributed by atoms with van der Waals surface area (Å²) >= 11 is 1.71. The van der Waals surface area contributed by atoms with Crippen molar-refractivity contribution in [1.29, 1.82) is 0 Å². The van der Waals surface area contributed by atoms with Crippen molar-refractivity contribution < 1.29 is 8.98 Å². The third kappa shape index (κ3) is 3.06. The van der Waals surface area contributed by atoms with Gasteiger partial charge >= 0.3 is 0 Å². The summed E-state index contributed by atoms with van der Waals surface area (Å²) in [5, 5.41) is 3.35. The van der Waals surface area contributed by atoms with Crippen molar-refractivity contribution in [3.8, 4) is 0 Å². The molecule has 0 unspecified atom stereocenters. The van der Waals surface area contributed by atoms with Crippen molar-refractivity contribution >= 4 is 34.5 Å². The lowest BCUT2D eigenvalue weighted by atomic mass is 10.0. The van der Waals surface area contributed by atoms with Crippen LogP contribution in [0.4, 0.5) is 5.69 Å². The van der Waals surface area contributed by atoms with E-state index in [9.17, 15) is 0 Å². The smallest absolute Gasteiger partial charge is 0.211 e. The summed E-state index contributed by atoms with van der Waals surface area (Å²) in [5.41, 5.74) is 8.76. The Morgan fingerprint density at radius 3 is 2.37 bits per heavy atom. The normalized spacial score (nSPS) is 14.5. The number of benzene rings is 1. The van der Waals surface area contributed by atoms with E-state index in [0.29, 0.717) is 0 Å². The minimum absolute atomic E-state index is 0.953. The molecule has 0 radical (unpaired) electrons. The molecule has 0 aliphatic carbocycles. The van der Waals surface area contributed by atoms with Crippen LogP contribution in [0.3, 0.4) is 0 Å². The first-order chi connectivity index (χ1) is 12.9. The van der Waals surface area contributed by atoms with Gasteiger partial charge in [-0.1, -0.05) is 26.0 Å². The van der Waals surface area contributed by atoms with Crippen molar-refractivity contribution in [2.75, 3.05) is 11.9 Å². The number of thioether (sulfide) groups is 1. The molecule has 3 aromatic rings. The van der Waals surface area contributed by atoms with E-state index in [1.165, 1.54) is 44.2 Å². The van der Waals surface area contributed by atoms with Crippen LogP contribution in [0.25, 0.3) is 17.0 Å². The van der Waals surface area contributed by atoms with Crippen LogP contribution in [0.15, 0.2) is 38.8 Å². The van der Waals surface area contributed by atoms with Gasteiger partial charge in [0.25, 0.3) is 0 Å². The predicted molar refractivity (Wildman–Crippen MR) is 116 cm³/mol. The average molecular weight is 382 g/mol. The molecule has 3 nitrogen and oxygen atoms in total. The van der Waals surface area contributed by atoms with Crippen LogP contribution in [-0.4, -0.2) is 7.05 Å². The Morgan fingerprint density at radius 1 is 1.00 bits per heavy atom. The number of anilines is 1. The number of fused-ring (bicyclic) bond motifs is 3. The number of pyridine rings is 1. The molecule has 0 amide bonds. The predicted octanol–water partition coefficient (Wildman–Crippen LogP) is 6.06. The second-order valence-corrected chi connectivity index (χ2v) is 7.78. The molecule has 0 saturated carbocycles. The van der Waals surface area contributed by atoms with Crippen LogP contribution in [0.5, 0.6) is 0 Å². The third-order valence-corrected chi connectivity index (χ3v) is 6.64. The zero-order valence-electron chi connectivity index (χ0n) is 17.6. The fourth-order valence-corrected chi connectivity index (χ4v) is 4.61. The standard InChI is InChI=1S/C21H23N2OS.C2H6/c1-12-13(2)15(4)22(5)17(14(12)3)11-19-23(6)20-16-9-7-8-10-18(16)24-21(20)25-19;1-2/h7-11H,1-6H3;1-2H3/q+1;. The van der Waals surface area contributed by atoms with E-state index in [4.69, 9.17) is 4.42 Å². The van der Waals surface area contributed by atoms with Gasteiger partial charge in [0.1, 0.15) is 18.3 Å². The van der Waals surface area contributed by atoms with Crippen LogP contribution >= 0.6 is 11.8 Å². The van der Waals surface area contributed by atoms with Gasteiger partial charge in [-0.3, -0.25) is 0 Å². The van der Waals surface area contributed by atoms with Gasteiger partial charge in [0.15, 0.2) is 10.8 Å². The molecular weight excluding hydrogens is 352 g/mol. The lowest BCUT2D eigenvalue weighted by Crippen LogP contribution is -2.38. The summed E-state index contributed by atoms with van der Waals surface area (Å²) in [5.74, 6) is 0. The topological polar surface area (TPSA) is 20.3 Å². The van der Waals surface area contributed by atoms with Gasteiger partial charge in [0, 0.05) is 36.6 Å². The highest BCUT2D eigenvalue weighted by molar-refractivity contribution is 8.03. The number of nitrogens with zero attached hydrogens (tertiary/aromatic N) is 2. The molecule has 0 saturated heterocycles. The molecule has 1 aliphatic heterocycles. The van der Waals surface area contributed by atoms with Gasteiger partial charge < -0.3 is 9.32 Å². The van der Waals surface area contributed by atoms with Crippen molar-refractivity contribution in [2.45, 2.75) is 46.6 Å². The van der Waals surface area contributed by atoms with Gasteiger partial charge in [-0.05, 0) is 50.2 Å². The van der Waals surface area contributed by atoms with E-state index >= 15 is 0 Å². The highest BCUT2D eigenvalue weighted by Crippen LogP contribution is 2.51. The lowest BCUT2D eigenvalue weighted by Gasteiger charge is -2.15. The van der Waals surface area contributed by atoms with Gasteiger partial charge in [0.2, 0.25) is 5.69 Å². The maximum absolute atomic E-state index is 6.05. The highest BCUT2D eigenvalue weighted by atomic mass is 32.2. The molecule has 0 fully saturated rings. The second-order valence-electron chi connectivity index (χ2n) is 6.78. The summed E-state index contributed by atoms with van der Waals surface area (Å²) < 4.78 is 8.34. The molecule has 142 valence electrons. The molecular formula is C23H29N2OS+. The summed E-state index contributed by atoms with van der Waals surface area (Å²) in [6, 6.07) is 8.24. The molecule has 1 aromatic carbocycles. The Hall–Kier alpha value is -2.20. The summed E-state index contributed by atoms with van der Waals surface area (Å²) in [7, 11) is 4.27. The molecule has 0 atom stereocenters. The lowest BCUT2D eigenvalue weighted by molar-refractivity contribution is -0.680. The maximum atomic E-state index is 6.05. The molecule has 27 heavy (non-hydrogen) atoms. The van der Waals surface area contributed by atoms with Gasteiger partial charge in [-0.15, -0.1) is 0 Å². The fraction of sp³-hybridized carbons (Fsp3) is 0.348.